The zero-order valence-electron chi connectivity index (χ0n) is 11.4. The SMILES string of the molecule is CCc1ccc(N(C)c2cc(Br)ccc2C(=O)O)cc1. The number of halogens is 1. The number of carbonyl (C=O) groups is 1. The van der Waals surface area contributed by atoms with E-state index in [9.17, 15) is 9.90 Å². The van der Waals surface area contributed by atoms with E-state index < -0.39 is 5.97 Å². The van der Waals surface area contributed by atoms with E-state index in [1.165, 1.54) is 5.56 Å². The molecule has 0 radical (unpaired) electrons. The molecule has 3 nitrogen and oxygen atoms in total. The Bertz CT molecular complexity index is 623. The molecule has 0 aliphatic rings. The first-order valence-electron chi connectivity index (χ1n) is 6.38. The second-order valence-corrected chi connectivity index (χ2v) is 5.46. The van der Waals surface area contributed by atoms with Crippen LogP contribution in [0.4, 0.5) is 11.4 Å². The number of rotatable bonds is 4. The van der Waals surface area contributed by atoms with Gasteiger partial charge in [-0.15, -0.1) is 0 Å². The van der Waals surface area contributed by atoms with E-state index in [1.54, 1.807) is 12.1 Å². The number of carboxylic acid groups (broad SMARTS) is 1. The molecule has 1 N–H and O–H groups in total. The van der Waals surface area contributed by atoms with E-state index in [-0.39, 0.29) is 5.56 Å². The van der Waals surface area contributed by atoms with E-state index in [4.69, 9.17) is 0 Å². The molecule has 0 unspecified atom stereocenters. The first-order chi connectivity index (χ1) is 9.52. The van der Waals surface area contributed by atoms with Crippen LogP contribution in [-0.4, -0.2) is 18.1 Å². The Balaban J connectivity index is 2.43. The summed E-state index contributed by atoms with van der Waals surface area (Å²) in [4.78, 5) is 13.2. The van der Waals surface area contributed by atoms with Crippen molar-refractivity contribution >= 4 is 33.3 Å². The lowest BCUT2D eigenvalue weighted by Crippen LogP contribution is -2.14. The molecule has 0 heterocycles. The average molecular weight is 334 g/mol. The number of aryl methyl sites for hydroxylation is 1. The molecule has 2 aromatic rings. The first kappa shape index (κ1) is 14.6. The fraction of sp³-hybridized carbons (Fsp3) is 0.188. The molecule has 0 spiro atoms. The lowest BCUT2D eigenvalue weighted by atomic mass is 10.1. The number of hydrogen-bond acceptors (Lipinski definition) is 2. The highest BCUT2D eigenvalue weighted by Crippen LogP contribution is 2.30. The van der Waals surface area contributed by atoms with Crippen molar-refractivity contribution in [1.82, 2.24) is 0 Å². The summed E-state index contributed by atoms with van der Waals surface area (Å²) in [6, 6.07) is 13.3. The lowest BCUT2D eigenvalue weighted by Gasteiger charge is -2.22. The monoisotopic (exact) mass is 333 g/mol. The molecule has 104 valence electrons. The highest BCUT2D eigenvalue weighted by Gasteiger charge is 2.15. The van der Waals surface area contributed by atoms with Crippen molar-refractivity contribution in [1.29, 1.82) is 0 Å². The Morgan fingerprint density at radius 2 is 1.85 bits per heavy atom. The van der Waals surface area contributed by atoms with Crippen molar-refractivity contribution in [3.63, 3.8) is 0 Å². The largest absolute Gasteiger partial charge is 0.478 e. The third-order valence-electron chi connectivity index (χ3n) is 3.28. The molecule has 4 heteroatoms. The molecule has 20 heavy (non-hydrogen) atoms. The summed E-state index contributed by atoms with van der Waals surface area (Å²) in [5.74, 6) is -0.926. The Kier molecular flexibility index (Phi) is 4.45. The maximum Gasteiger partial charge on any atom is 0.337 e. The second-order valence-electron chi connectivity index (χ2n) is 4.55. The van der Waals surface area contributed by atoms with Crippen LogP contribution in [-0.2, 0) is 6.42 Å². The van der Waals surface area contributed by atoms with Crippen LogP contribution >= 0.6 is 15.9 Å². The molecule has 0 fully saturated rings. The Hall–Kier alpha value is -1.81. The van der Waals surface area contributed by atoms with E-state index >= 15 is 0 Å². The standard InChI is InChI=1S/C16H16BrNO2/c1-3-11-4-7-13(8-5-11)18(2)15-10-12(17)6-9-14(15)16(19)20/h4-10H,3H2,1-2H3,(H,19,20). The number of nitrogens with zero attached hydrogens (tertiary/aromatic N) is 1. The van der Waals surface area contributed by atoms with Gasteiger partial charge in [0.05, 0.1) is 11.3 Å². The highest BCUT2D eigenvalue weighted by molar-refractivity contribution is 9.10. The van der Waals surface area contributed by atoms with Gasteiger partial charge in [-0.2, -0.15) is 0 Å². The quantitative estimate of drug-likeness (QED) is 0.896. The van der Waals surface area contributed by atoms with Crippen LogP contribution in [0.1, 0.15) is 22.8 Å². The second kappa shape index (κ2) is 6.09. The first-order valence-corrected chi connectivity index (χ1v) is 7.17. The predicted molar refractivity (Wildman–Crippen MR) is 85.0 cm³/mol. The molecule has 0 aromatic heterocycles. The van der Waals surface area contributed by atoms with Gasteiger partial charge in [-0.05, 0) is 42.3 Å². The minimum absolute atomic E-state index is 0.287. The summed E-state index contributed by atoms with van der Waals surface area (Å²) in [6.45, 7) is 2.11. The summed E-state index contributed by atoms with van der Waals surface area (Å²) in [6.07, 6.45) is 0.987. The van der Waals surface area contributed by atoms with Crippen LogP contribution in [0.3, 0.4) is 0 Å². The van der Waals surface area contributed by atoms with Crippen LogP contribution in [0, 0.1) is 0 Å². The topological polar surface area (TPSA) is 40.5 Å². The zero-order chi connectivity index (χ0) is 14.7. The predicted octanol–water partition coefficient (Wildman–Crippen LogP) is 4.48. The molecular weight excluding hydrogens is 318 g/mol. The third-order valence-corrected chi connectivity index (χ3v) is 3.78. The fourth-order valence-corrected chi connectivity index (χ4v) is 2.41. The van der Waals surface area contributed by atoms with Gasteiger partial charge < -0.3 is 10.0 Å². The van der Waals surface area contributed by atoms with Crippen LogP contribution in [0.25, 0.3) is 0 Å². The molecule has 0 bridgehead atoms. The smallest absolute Gasteiger partial charge is 0.337 e. The van der Waals surface area contributed by atoms with Gasteiger partial charge >= 0.3 is 5.97 Å². The van der Waals surface area contributed by atoms with Crippen molar-refractivity contribution in [2.75, 3.05) is 11.9 Å². The van der Waals surface area contributed by atoms with Crippen molar-refractivity contribution in [3.8, 4) is 0 Å². The molecule has 0 aliphatic heterocycles. The maximum absolute atomic E-state index is 11.3. The molecule has 0 atom stereocenters. The van der Waals surface area contributed by atoms with Crippen LogP contribution in [0.15, 0.2) is 46.9 Å². The van der Waals surface area contributed by atoms with Gasteiger partial charge in [0.25, 0.3) is 0 Å². The summed E-state index contributed by atoms with van der Waals surface area (Å²) in [5.41, 5.74) is 3.17. The summed E-state index contributed by atoms with van der Waals surface area (Å²) < 4.78 is 0.856. The fourth-order valence-electron chi connectivity index (χ4n) is 2.06. The van der Waals surface area contributed by atoms with Crippen LogP contribution in [0.2, 0.25) is 0 Å². The average Bonchev–Trinajstić information content (AvgIpc) is 2.46. The molecule has 0 saturated heterocycles. The minimum atomic E-state index is -0.926. The van der Waals surface area contributed by atoms with Gasteiger partial charge in [0, 0.05) is 17.2 Å². The maximum atomic E-state index is 11.3. The molecule has 0 aliphatic carbocycles. The Labute approximate surface area is 127 Å². The van der Waals surface area contributed by atoms with Crippen molar-refractivity contribution in [3.05, 3.63) is 58.1 Å². The number of hydrogen-bond donors (Lipinski definition) is 1. The Morgan fingerprint density at radius 1 is 1.20 bits per heavy atom. The Morgan fingerprint density at radius 3 is 2.40 bits per heavy atom. The molecular formula is C16H16BrNO2. The van der Waals surface area contributed by atoms with Gasteiger partial charge in [0.2, 0.25) is 0 Å². The van der Waals surface area contributed by atoms with Crippen molar-refractivity contribution < 1.29 is 9.90 Å². The van der Waals surface area contributed by atoms with Gasteiger partial charge in [-0.3, -0.25) is 0 Å². The molecule has 0 amide bonds. The van der Waals surface area contributed by atoms with E-state index in [0.717, 1.165) is 16.6 Å². The zero-order valence-corrected chi connectivity index (χ0v) is 13.0. The normalized spacial score (nSPS) is 10.3. The molecule has 0 saturated carbocycles. The van der Waals surface area contributed by atoms with Crippen LogP contribution in [0.5, 0.6) is 0 Å². The van der Waals surface area contributed by atoms with Gasteiger partial charge in [-0.1, -0.05) is 35.0 Å². The lowest BCUT2D eigenvalue weighted by molar-refractivity contribution is 0.0697. The molecule has 2 aromatic carbocycles. The minimum Gasteiger partial charge on any atom is -0.478 e. The number of anilines is 2. The summed E-state index contributed by atoms with van der Waals surface area (Å²) >= 11 is 3.39. The van der Waals surface area contributed by atoms with Gasteiger partial charge in [-0.25, -0.2) is 4.79 Å². The van der Waals surface area contributed by atoms with E-state index in [2.05, 4.69) is 35.0 Å². The van der Waals surface area contributed by atoms with Crippen molar-refractivity contribution in [2.45, 2.75) is 13.3 Å². The highest BCUT2D eigenvalue weighted by atomic mass is 79.9. The number of benzene rings is 2. The third kappa shape index (κ3) is 3.02. The van der Waals surface area contributed by atoms with Gasteiger partial charge in [0.15, 0.2) is 0 Å². The van der Waals surface area contributed by atoms with E-state index in [1.807, 2.05) is 30.1 Å². The van der Waals surface area contributed by atoms with Crippen LogP contribution < -0.4 is 4.90 Å². The number of carboxylic acids is 1. The van der Waals surface area contributed by atoms with Gasteiger partial charge in [0.1, 0.15) is 0 Å². The van der Waals surface area contributed by atoms with Crippen molar-refractivity contribution in [2.24, 2.45) is 0 Å². The summed E-state index contributed by atoms with van der Waals surface area (Å²) in [7, 11) is 1.87. The number of aromatic carboxylic acids is 1. The molecule has 2 rings (SSSR count). The van der Waals surface area contributed by atoms with E-state index in [0.29, 0.717) is 5.69 Å². The summed E-state index contributed by atoms with van der Waals surface area (Å²) in [5, 5.41) is 9.29.